The number of nitrogens with zero attached hydrogens (tertiary/aromatic N) is 5. The summed E-state index contributed by atoms with van der Waals surface area (Å²) in [7, 11) is 3.98. The SMILES string of the molecule is CCCNCc1ccc(N(C)Cc2nccn2C)nn1. The Morgan fingerprint density at radius 1 is 1.30 bits per heavy atom. The zero-order valence-electron chi connectivity index (χ0n) is 12.4. The normalized spacial score (nSPS) is 10.8. The number of imidazole rings is 1. The van der Waals surface area contributed by atoms with Gasteiger partial charge in [0.25, 0.3) is 0 Å². The Balaban J connectivity index is 1.93. The first-order chi connectivity index (χ1) is 9.70. The molecule has 0 radical (unpaired) electrons. The molecule has 2 aromatic rings. The largest absolute Gasteiger partial charge is 0.351 e. The van der Waals surface area contributed by atoms with Gasteiger partial charge in [0.2, 0.25) is 0 Å². The summed E-state index contributed by atoms with van der Waals surface area (Å²) >= 11 is 0. The molecular weight excluding hydrogens is 252 g/mol. The summed E-state index contributed by atoms with van der Waals surface area (Å²) in [6, 6.07) is 4.01. The second-order valence-corrected chi connectivity index (χ2v) is 4.87. The van der Waals surface area contributed by atoms with Gasteiger partial charge in [-0.15, -0.1) is 5.10 Å². The second-order valence-electron chi connectivity index (χ2n) is 4.87. The second kappa shape index (κ2) is 7.00. The van der Waals surface area contributed by atoms with E-state index in [4.69, 9.17) is 0 Å². The lowest BCUT2D eigenvalue weighted by molar-refractivity contribution is 0.655. The molecule has 0 aliphatic carbocycles. The average Bonchev–Trinajstić information content (AvgIpc) is 2.85. The third-order valence-electron chi connectivity index (χ3n) is 3.13. The summed E-state index contributed by atoms with van der Waals surface area (Å²) in [5, 5.41) is 11.8. The van der Waals surface area contributed by atoms with Crippen LogP contribution in [0.2, 0.25) is 0 Å². The average molecular weight is 274 g/mol. The van der Waals surface area contributed by atoms with Crippen LogP contribution >= 0.6 is 0 Å². The van der Waals surface area contributed by atoms with E-state index in [0.717, 1.165) is 36.8 Å². The van der Waals surface area contributed by atoms with Crippen LogP contribution in [0, 0.1) is 0 Å². The summed E-state index contributed by atoms with van der Waals surface area (Å²) in [6.07, 6.45) is 4.87. The minimum absolute atomic E-state index is 0.714. The Morgan fingerprint density at radius 2 is 2.15 bits per heavy atom. The lowest BCUT2D eigenvalue weighted by atomic mass is 10.3. The molecule has 0 spiro atoms. The van der Waals surface area contributed by atoms with Crippen molar-refractivity contribution in [3.8, 4) is 0 Å². The maximum atomic E-state index is 4.31. The van der Waals surface area contributed by atoms with E-state index in [9.17, 15) is 0 Å². The van der Waals surface area contributed by atoms with Gasteiger partial charge in [0.1, 0.15) is 5.82 Å². The predicted octanol–water partition coefficient (Wildman–Crippen LogP) is 1.35. The van der Waals surface area contributed by atoms with E-state index in [2.05, 4.69) is 27.4 Å². The van der Waals surface area contributed by atoms with Crippen LogP contribution in [0.25, 0.3) is 0 Å². The van der Waals surface area contributed by atoms with Crippen LogP contribution in [0.5, 0.6) is 0 Å². The minimum Gasteiger partial charge on any atom is -0.351 e. The molecule has 0 saturated heterocycles. The Hall–Kier alpha value is -1.95. The summed E-state index contributed by atoms with van der Waals surface area (Å²) in [5.74, 6) is 1.86. The van der Waals surface area contributed by atoms with Gasteiger partial charge >= 0.3 is 0 Å². The number of aromatic nitrogens is 4. The van der Waals surface area contributed by atoms with Crippen molar-refractivity contribution in [3.63, 3.8) is 0 Å². The van der Waals surface area contributed by atoms with E-state index < -0.39 is 0 Å². The van der Waals surface area contributed by atoms with E-state index in [1.165, 1.54) is 0 Å². The highest BCUT2D eigenvalue weighted by Crippen LogP contribution is 2.10. The van der Waals surface area contributed by atoms with Gasteiger partial charge in [-0.2, -0.15) is 5.10 Å². The summed E-state index contributed by atoms with van der Waals surface area (Å²) in [6.45, 7) is 4.63. The molecule has 1 N–H and O–H groups in total. The molecule has 6 nitrogen and oxygen atoms in total. The van der Waals surface area contributed by atoms with Gasteiger partial charge in [-0.1, -0.05) is 6.92 Å². The van der Waals surface area contributed by atoms with Crippen molar-refractivity contribution < 1.29 is 0 Å². The number of hydrogen-bond acceptors (Lipinski definition) is 5. The van der Waals surface area contributed by atoms with Crippen molar-refractivity contribution in [2.24, 2.45) is 7.05 Å². The highest BCUT2D eigenvalue weighted by molar-refractivity contribution is 5.36. The van der Waals surface area contributed by atoms with Crippen molar-refractivity contribution in [1.82, 2.24) is 25.1 Å². The fourth-order valence-corrected chi connectivity index (χ4v) is 1.89. The van der Waals surface area contributed by atoms with Crippen molar-refractivity contribution >= 4 is 5.82 Å². The molecule has 2 rings (SSSR count). The van der Waals surface area contributed by atoms with Gasteiger partial charge in [-0.3, -0.25) is 0 Å². The Morgan fingerprint density at radius 3 is 2.75 bits per heavy atom. The standard InChI is InChI=1S/C14H22N6/c1-4-7-15-10-12-5-6-13(18-17-12)20(3)11-14-16-8-9-19(14)2/h5-6,8-9,15H,4,7,10-11H2,1-3H3. The molecule has 0 fully saturated rings. The fraction of sp³-hybridized carbons (Fsp3) is 0.500. The van der Waals surface area contributed by atoms with E-state index in [-0.39, 0.29) is 0 Å². The summed E-state index contributed by atoms with van der Waals surface area (Å²) in [4.78, 5) is 6.35. The van der Waals surface area contributed by atoms with Crippen LogP contribution in [-0.2, 0) is 20.1 Å². The molecule has 0 saturated carbocycles. The molecule has 0 aliphatic rings. The van der Waals surface area contributed by atoms with Gasteiger partial charge in [0, 0.05) is 33.0 Å². The molecule has 6 heteroatoms. The molecule has 108 valence electrons. The van der Waals surface area contributed by atoms with Crippen molar-refractivity contribution in [2.75, 3.05) is 18.5 Å². The van der Waals surface area contributed by atoms with Gasteiger partial charge in [0.05, 0.1) is 12.2 Å². The molecular formula is C14H22N6. The maximum absolute atomic E-state index is 4.31. The number of anilines is 1. The molecule has 0 unspecified atom stereocenters. The molecule has 2 heterocycles. The van der Waals surface area contributed by atoms with Crippen molar-refractivity contribution in [3.05, 3.63) is 36.0 Å². The van der Waals surface area contributed by atoms with Crippen LogP contribution in [0.15, 0.2) is 24.5 Å². The first kappa shape index (κ1) is 14.5. The fourth-order valence-electron chi connectivity index (χ4n) is 1.89. The van der Waals surface area contributed by atoms with Crippen LogP contribution in [-0.4, -0.2) is 33.3 Å². The highest BCUT2D eigenvalue weighted by Gasteiger charge is 2.07. The minimum atomic E-state index is 0.714. The highest BCUT2D eigenvalue weighted by atomic mass is 15.3. The lowest BCUT2D eigenvalue weighted by Crippen LogP contribution is -2.21. The van der Waals surface area contributed by atoms with Crippen LogP contribution in [0.1, 0.15) is 24.9 Å². The molecule has 0 atom stereocenters. The Kier molecular flexibility index (Phi) is 5.06. The van der Waals surface area contributed by atoms with Crippen LogP contribution in [0.3, 0.4) is 0 Å². The molecule has 20 heavy (non-hydrogen) atoms. The van der Waals surface area contributed by atoms with Gasteiger partial charge in [-0.25, -0.2) is 4.98 Å². The first-order valence-corrected chi connectivity index (χ1v) is 6.91. The van der Waals surface area contributed by atoms with E-state index in [1.54, 1.807) is 6.20 Å². The molecule has 0 aromatic carbocycles. The molecule has 0 amide bonds. The first-order valence-electron chi connectivity index (χ1n) is 6.91. The van der Waals surface area contributed by atoms with E-state index in [1.807, 2.05) is 41.9 Å². The number of aryl methyl sites for hydroxylation is 1. The summed E-state index contributed by atoms with van der Waals surface area (Å²) in [5.41, 5.74) is 0.965. The zero-order chi connectivity index (χ0) is 14.4. The van der Waals surface area contributed by atoms with E-state index in [0.29, 0.717) is 6.54 Å². The Labute approximate surface area is 119 Å². The maximum Gasteiger partial charge on any atom is 0.151 e. The predicted molar refractivity (Wildman–Crippen MR) is 79.3 cm³/mol. The van der Waals surface area contributed by atoms with Gasteiger partial charge in [-0.05, 0) is 25.1 Å². The zero-order valence-corrected chi connectivity index (χ0v) is 12.4. The quantitative estimate of drug-likeness (QED) is 0.772. The molecule has 0 bridgehead atoms. The lowest BCUT2D eigenvalue weighted by Gasteiger charge is -2.17. The third-order valence-corrected chi connectivity index (χ3v) is 3.13. The monoisotopic (exact) mass is 274 g/mol. The Bertz CT molecular complexity index is 519. The van der Waals surface area contributed by atoms with Crippen molar-refractivity contribution in [1.29, 1.82) is 0 Å². The summed E-state index contributed by atoms with van der Waals surface area (Å²) < 4.78 is 2.01. The topological polar surface area (TPSA) is 58.9 Å². The molecule has 0 aliphatic heterocycles. The number of hydrogen-bond donors (Lipinski definition) is 1. The third kappa shape index (κ3) is 3.77. The van der Waals surface area contributed by atoms with E-state index >= 15 is 0 Å². The number of rotatable bonds is 7. The van der Waals surface area contributed by atoms with Gasteiger partial charge < -0.3 is 14.8 Å². The van der Waals surface area contributed by atoms with Crippen LogP contribution < -0.4 is 10.2 Å². The smallest absolute Gasteiger partial charge is 0.151 e. The molecule has 2 aromatic heterocycles. The number of nitrogens with one attached hydrogen (secondary N) is 1. The van der Waals surface area contributed by atoms with Crippen LogP contribution in [0.4, 0.5) is 5.82 Å². The van der Waals surface area contributed by atoms with Gasteiger partial charge in [0.15, 0.2) is 5.82 Å². The van der Waals surface area contributed by atoms with Crippen molar-refractivity contribution in [2.45, 2.75) is 26.4 Å².